The average molecular weight is 343 g/mol. The third-order valence-electron chi connectivity index (χ3n) is 2.75. The van der Waals surface area contributed by atoms with E-state index in [0.717, 1.165) is 12.1 Å². The summed E-state index contributed by atoms with van der Waals surface area (Å²) in [6.45, 7) is 2.97. The van der Waals surface area contributed by atoms with Crippen molar-refractivity contribution in [3.63, 3.8) is 0 Å². The summed E-state index contributed by atoms with van der Waals surface area (Å²) in [4.78, 5) is 16.1. The van der Waals surface area contributed by atoms with Gasteiger partial charge in [-0.25, -0.2) is 17.8 Å². The van der Waals surface area contributed by atoms with E-state index in [2.05, 4.69) is 15.0 Å². The van der Waals surface area contributed by atoms with Gasteiger partial charge in [-0.15, -0.1) is 11.3 Å². The van der Waals surface area contributed by atoms with E-state index < -0.39 is 27.0 Å². The summed E-state index contributed by atoms with van der Waals surface area (Å²) in [5, 5.41) is 3.86. The van der Waals surface area contributed by atoms with Gasteiger partial charge in [0, 0.05) is 11.6 Å². The van der Waals surface area contributed by atoms with Crippen LogP contribution in [0.1, 0.15) is 24.2 Å². The molecule has 22 heavy (non-hydrogen) atoms. The first-order valence-corrected chi connectivity index (χ1v) is 8.74. The van der Waals surface area contributed by atoms with Gasteiger partial charge in [0.2, 0.25) is 10.0 Å². The third kappa shape index (κ3) is 3.80. The molecule has 6 nitrogen and oxygen atoms in total. The number of aromatic nitrogens is 1. The van der Waals surface area contributed by atoms with Gasteiger partial charge < -0.3 is 0 Å². The number of rotatable bonds is 5. The standard InChI is InChI=1S/C13H14FN3O3S2/c1-8(2)22(19,20)17-11-7-9(14)3-4-10(11)12(18)16-13-15-5-6-21-13/h3-8,17H,1-2H3,(H,15,16,18). The lowest BCUT2D eigenvalue weighted by atomic mass is 10.1. The van der Waals surface area contributed by atoms with Gasteiger partial charge in [0.05, 0.1) is 16.5 Å². The highest BCUT2D eigenvalue weighted by atomic mass is 32.2. The number of anilines is 2. The van der Waals surface area contributed by atoms with Gasteiger partial charge in [0.15, 0.2) is 5.13 Å². The monoisotopic (exact) mass is 343 g/mol. The molecule has 0 bridgehead atoms. The number of benzene rings is 1. The molecule has 0 aliphatic heterocycles. The summed E-state index contributed by atoms with van der Waals surface area (Å²) in [5.41, 5.74) is -0.0939. The highest BCUT2D eigenvalue weighted by molar-refractivity contribution is 7.93. The van der Waals surface area contributed by atoms with Crippen LogP contribution in [0.5, 0.6) is 0 Å². The Balaban J connectivity index is 2.33. The molecule has 0 fully saturated rings. The van der Waals surface area contributed by atoms with Crippen LogP contribution in [0, 0.1) is 5.82 Å². The molecular formula is C13H14FN3O3S2. The molecule has 9 heteroatoms. The molecule has 0 aliphatic rings. The molecule has 0 saturated heterocycles. The van der Waals surface area contributed by atoms with Crippen LogP contribution in [0.3, 0.4) is 0 Å². The number of thiazole rings is 1. The number of amides is 1. The van der Waals surface area contributed by atoms with Crippen LogP contribution in [0.15, 0.2) is 29.8 Å². The molecule has 0 aliphatic carbocycles. The lowest BCUT2D eigenvalue weighted by Gasteiger charge is -2.14. The zero-order chi connectivity index (χ0) is 16.3. The van der Waals surface area contributed by atoms with Crippen molar-refractivity contribution in [1.29, 1.82) is 0 Å². The molecule has 2 N–H and O–H groups in total. The van der Waals surface area contributed by atoms with Crippen LogP contribution < -0.4 is 10.0 Å². The second-order valence-corrected chi connectivity index (χ2v) is 7.81. The first-order valence-electron chi connectivity index (χ1n) is 6.31. The Hall–Kier alpha value is -2.00. The van der Waals surface area contributed by atoms with Gasteiger partial charge in [-0.05, 0) is 32.0 Å². The first kappa shape index (κ1) is 16.4. The van der Waals surface area contributed by atoms with Crippen molar-refractivity contribution in [2.45, 2.75) is 19.1 Å². The summed E-state index contributed by atoms with van der Waals surface area (Å²) in [6.07, 6.45) is 1.52. The fraction of sp³-hybridized carbons (Fsp3) is 0.231. The molecule has 1 aromatic carbocycles. The lowest BCUT2D eigenvalue weighted by Crippen LogP contribution is -2.24. The minimum atomic E-state index is -3.70. The number of nitrogens with zero attached hydrogens (tertiary/aromatic N) is 1. The molecule has 0 saturated carbocycles. The number of carbonyl (C=O) groups is 1. The van der Waals surface area contributed by atoms with Crippen molar-refractivity contribution in [1.82, 2.24) is 4.98 Å². The molecule has 1 aromatic heterocycles. The van der Waals surface area contributed by atoms with Gasteiger partial charge in [-0.3, -0.25) is 14.8 Å². The Labute approximate surface area is 131 Å². The van der Waals surface area contributed by atoms with Crippen LogP contribution in [-0.2, 0) is 10.0 Å². The van der Waals surface area contributed by atoms with E-state index in [0.29, 0.717) is 5.13 Å². The average Bonchev–Trinajstić information content (AvgIpc) is 2.90. The highest BCUT2D eigenvalue weighted by Crippen LogP contribution is 2.22. The molecule has 0 atom stereocenters. The molecule has 1 amide bonds. The van der Waals surface area contributed by atoms with Crippen molar-refractivity contribution >= 4 is 38.1 Å². The second kappa shape index (κ2) is 6.41. The first-order chi connectivity index (χ1) is 10.3. The van der Waals surface area contributed by atoms with Gasteiger partial charge >= 0.3 is 0 Å². The fourth-order valence-corrected chi connectivity index (χ4v) is 2.75. The maximum absolute atomic E-state index is 13.4. The predicted molar refractivity (Wildman–Crippen MR) is 84.1 cm³/mol. The molecule has 1 heterocycles. The Morgan fingerprint density at radius 1 is 1.36 bits per heavy atom. The molecule has 0 radical (unpaired) electrons. The topological polar surface area (TPSA) is 88.2 Å². The molecule has 118 valence electrons. The van der Waals surface area contributed by atoms with E-state index in [1.165, 1.54) is 37.4 Å². The van der Waals surface area contributed by atoms with Crippen molar-refractivity contribution < 1.29 is 17.6 Å². The fourth-order valence-electron chi connectivity index (χ4n) is 1.52. The Morgan fingerprint density at radius 3 is 2.68 bits per heavy atom. The molecule has 0 spiro atoms. The van der Waals surface area contributed by atoms with E-state index in [-0.39, 0.29) is 11.3 Å². The largest absolute Gasteiger partial charge is 0.298 e. The van der Waals surface area contributed by atoms with Gasteiger partial charge in [-0.2, -0.15) is 0 Å². The SMILES string of the molecule is CC(C)S(=O)(=O)Nc1cc(F)ccc1C(=O)Nc1nccs1. The minimum Gasteiger partial charge on any atom is -0.298 e. The van der Waals surface area contributed by atoms with Gasteiger partial charge in [0.25, 0.3) is 5.91 Å². The van der Waals surface area contributed by atoms with E-state index in [1.807, 2.05) is 0 Å². The summed E-state index contributed by atoms with van der Waals surface area (Å²) < 4.78 is 39.5. The maximum atomic E-state index is 13.4. The highest BCUT2D eigenvalue weighted by Gasteiger charge is 2.20. The van der Waals surface area contributed by atoms with E-state index in [1.54, 1.807) is 5.38 Å². The number of halogens is 1. The zero-order valence-electron chi connectivity index (χ0n) is 11.8. The predicted octanol–water partition coefficient (Wildman–Crippen LogP) is 2.68. The van der Waals surface area contributed by atoms with Crippen LogP contribution in [0.25, 0.3) is 0 Å². The third-order valence-corrected chi connectivity index (χ3v) is 5.19. The van der Waals surface area contributed by atoms with Crippen molar-refractivity contribution in [2.24, 2.45) is 0 Å². The number of sulfonamides is 1. The summed E-state index contributed by atoms with van der Waals surface area (Å²) >= 11 is 1.22. The van der Waals surface area contributed by atoms with E-state index in [9.17, 15) is 17.6 Å². The van der Waals surface area contributed by atoms with Crippen LogP contribution >= 0.6 is 11.3 Å². The van der Waals surface area contributed by atoms with Crippen LogP contribution in [0.2, 0.25) is 0 Å². The van der Waals surface area contributed by atoms with E-state index >= 15 is 0 Å². The number of nitrogens with one attached hydrogen (secondary N) is 2. The Morgan fingerprint density at radius 2 is 2.09 bits per heavy atom. The Kier molecular flexibility index (Phi) is 4.77. The van der Waals surface area contributed by atoms with Crippen LogP contribution in [-0.4, -0.2) is 24.6 Å². The smallest absolute Gasteiger partial charge is 0.259 e. The molecule has 0 unspecified atom stereocenters. The second-order valence-electron chi connectivity index (χ2n) is 4.68. The maximum Gasteiger partial charge on any atom is 0.259 e. The Bertz CT molecular complexity index is 774. The van der Waals surface area contributed by atoms with Gasteiger partial charge in [0.1, 0.15) is 5.82 Å². The van der Waals surface area contributed by atoms with Crippen molar-refractivity contribution in [2.75, 3.05) is 10.0 Å². The number of carbonyl (C=O) groups excluding carboxylic acids is 1. The molecular weight excluding hydrogens is 329 g/mol. The van der Waals surface area contributed by atoms with Crippen molar-refractivity contribution in [3.8, 4) is 0 Å². The zero-order valence-corrected chi connectivity index (χ0v) is 13.5. The van der Waals surface area contributed by atoms with E-state index in [4.69, 9.17) is 0 Å². The quantitative estimate of drug-likeness (QED) is 0.874. The number of hydrogen-bond donors (Lipinski definition) is 2. The molecule has 2 aromatic rings. The van der Waals surface area contributed by atoms with Crippen LogP contribution in [0.4, 0.5) is 15.2 Å². The molecule has 2 rings (SSSR count). The van der Waals surface area contributed by atoms with Crippen molar-refractivity contribution in [3.05, 3.63) is 41.2 Å². The lowest BCUT2D eigenvalue weighted by molar-refractivity contribution is 0.102. The van der Waals surface area contributed by atoms with Gasteiger partial charge in [-0.1, -0.05) is 0 Å². The summed E-state index contributed by atoms with van der Waals surface area (Å²) in [7, 11) is -3.70. The number of hydrogen-bond acceptors (Lipinski definition) is 5. The normalized spacial score (nSPS) is 11.5. The summed E-state index contributed by atoms with van der Waals surface area (Å²) in [5.74, 6) is -1.22. The summed E-state index contributed by atoms with van der Waals surface area (Å²) in [6, 6.07) is 3.27. The minimum absolute atomic E-state index is 0.0147.